The first-order chi connectivity index (χ1) is 9.31. The van der Waals surface area contributed by atoms with Gasteiger partial charge in [0, 0.05) is 13.1 Å². The number of halogens is 1. The lowest BCUT2D eigenvalue weighted by atomic mass is 10.1. The third-order valence-electron chi connectivity index (χ3n) is 3.09. The molecule has 1 aromatic rings. The molecule has 108 valence electrons. The van der Waals surface area contributed by atoms with Crippen molar-refractivity contribution in [1.82, 2.24) is 0 Å². The zero-order valence-corrected chi connectivity index (χ0v) is 10.1. The van der Waals surface area contributed by atoms with Crippen molar-refractivity contribution in [2.24, 2.45) is 0 Å². The van der Waals surface area contributed by atoms with Crippen LogP contribution in [-0.2, 0) is 0 Å². The van der Waals surface area contributed by atoms with E-state index in [2.05, 4.69) is 0 Å². The van der Waals surface area contributed by atoms with Crippen LogP contribution in [0.1, 0.15) is 10.4 Å². The van der Waals surface area contributed by atoms with Crippen LogP contribution >= 0.6 is 0 Å². The van der Waals surface area contributed by atoms with E-state index < -0.39 is 40.2 Å². The number of β-amino-alcohol motifs (C(OH)–C–C–N with tert-alkyl or cyclic N) is 2. The van der Waals surface area contributed by atoms with Gasteiger partial charge in [-0.05, 0) is 6.07 Å². The zero-order chi connectivity index (χ0) is 15.0. The van der Waals surface area contributed by atoms with Crippen LogP contribution in [0.2, 0.25) is 0 Å². The van der Waals surface area contributed by atoms with E-state index in [4.69, 9.17) is 5.11 Å². The number of carboxylic acids is 1. The molecule has 8 nitrogen and oxygen atoms in total. The number of anilines is 1. The number of aliphatic hydroxyl groups is 2. The zero-order valence-electron chi connectivity index (χ0n) is 10.1. The van der Waals surface area contributed by atoms with Gasteiger partial charge in [0.25, 0.3) is 5.69 Å². The molecule has 1 fully saturated rings. The largest absolute Gasteiger partial charge is 0.478 e. The predicted octanol–water partition coefficient (Wildman–Crippen LogP) is -0.0261. The van der Waals surface area contributed by atoms with E-state index in [1.807, 2.05) is 0 Å². The van der Waals surface area contributed by atoms with Gasteiger partial charge in [-0.15, -0.1) is 0 Å². The molecule has 1 heterocycles. The van der Waals surface area contributed by atoms with Crippen LogP contribution in [0.3, 0.4) is 0 Å². The fourth-order valence-corrected chi connectivity index (χ4v) is 2.08. The van der Waals surface area contributed by atoms with Crippen molar-refractivity contribution in [3.8, 4) is 0 Å². The van der Waals surface area contributed by atoms with Crippen molar-refractivity contribution in [3.05, 3.63) is 33.6 Å². The van der Waals surface area contributed by atoms with E-state index in [0.717, 1.165) is 6.07 Å². The van der Waals surface area contributed by atoms with Gasteiger partial charge < -0.3 is 20.2 Å². The quantitative estimate of drug-likeness (QED) is 0.526. The van der Waals surface area contributed by atoms with Gasteiger partial charge in [-0.2, -0.15) is 0 Å². The lowest BCUT2D eigenvalue weighted by Gasteiger charge is -2.18. The number of nitro groups is 1. The molecule has 1 aliphatic rings. The number of carbonyl (C=O) groups is 1. The number of aliphatic hydroxyl groups excluding tert-OH is 2. The van der Waals surface area contributed by atoms with Crippen molar-refractivity contribution in [2.45, 2.75) is 12.2 Å². The topological polar surface area (TPSA) is 124 Å². The molecule has 0 bridgehead atoms. The van der Waals surface area contributed by atoms with Crippen molar-refractivity contribution >= 4 is 17.3 Å². The van der Waals surface area contributed by atoms with Crippen LogP contribution in [0.5, 0.6) is 0 Å². The summed E-state index contributed by atoms with van der Waals surface area (Å²) in [6, 6.07) is 1.36. The van der Waals surface area contributed by atoms with Crippen LogP contribution in [0.4, 0.5) is 15.8 Å². The summed E-state index contributed by atoms with van der Waals surface area (Å²) in [5.41, 5.74) is -1.47. The van der Waals surface area contributed by atoms with Crippen molar-refractivity contribution in [3.63, 3.8) is 0 Å². The molecular formula is C11H11FN2O6. The van der Waals surface area contributed by atoms with E-state index in [1.165, 1.54) is 4.90 Å². The van der Waals surface area contributed by atoms with Crippen molar-refractivity contribution in [1.29, 1.82) is 0 Å². The molecule has 0 spiro atoms. The van der Waals surface area contributed by atoms with Crippen LogP contribution in [0.15, 0.2) is 12.1 Å². The number of aromatic carboxylic acids is 1. The van der Waals surface area contributed by atoms with Gasteiger partial charge in [-0.3, -0.25) is 10.1 Å². The summed E-state index contributed by atoms with van der Waals surface area (Å²) in [4.78, 5) is 22.2. The molecule has 0 amide bonds. The molecule has 9 heteroatoms. The number of nitrogens with zero attached hydrogens (tertiary/aromatic N) is 2. The van der Waals surface area contributed by atoms with E-state index >= 15 is 0 Å². The molecule has 1 saturated heterocycles. The van der Waals surface area contributed by atoms with E-state index in [0.29, 0.717) is 6.07 Å². The second-order valence-corrected chi connectivity index (χ2v) is 4.42. The molecule has 0 aromatic heterocycles. The maximum absolute atomic E-state index is 13.5. The lowest BCUT2D eigenvalue weighted by molar-refractivity contribution is -0.384. The van der Waals surface area contributed by atoms with Crippen molar-refractivity contribution in [2.75, 3.05) is 18.0 Å². The molecule has 2 rings (SSSR count). The second kappa shape index (κ2) is 5.02. The molecule has 2 atom stereocenters. The first-order valence-corrected chi connectivity index (χ1v) is 5.63. The Balaban J connectivity index is 2.52. The maximum Gasteiger partial charge on any atom is 0.338 e. The summed E-state index contributed by atoms with van der Waals surface area (Å²) in [6.45, 7) is -0.209. The smallest absolute Gasteiger partial charge is 0.338 e. The van der Waals surface area contributed by atoms with E-state index in [1.54, 1.807) is 0 Å². The Morgan fingerprint density at radius 1 is 1.35 bits per heavy atom. The fourth-order valence-electron chi connectivity index (χ4n) is 2.08. The number of hydrogen-bond donors (Lipinski definition) is 3. The summed E-state index contributed by atoms with van der Waals surface area (Å²) in [6.07, 6.45) is -2.21. The average molecular weight is 286 g/mol. The Kier molecular flexibility index (Phi) is 3.55. The average Bonchev–Trinajstić information content (AvgIpc) is 2.68. The Hall–Kier alpha value is -2.26. The highest BCUT2D eigenvalue weighted by atomic mass is 19.1. The van der Waals surface area contributed by atoms with Gasteiger partial charge in [0.05, 0.1) is 28.8 Å². The minimum Gasteiger partial charge on any atom is -0.478 e. The predicted molar refractivity (Wildman–Crippen MR) is 64.2 cm³/mol. The van der Waals surface area contributed by atoms with Gasteiger partial charge in [0.2, 0.25) is 0 Å². The molecule has 2 unspecified atom stereocenters. The molecule has 0 saturated carbocycles. The van der Waals surface area contributed by atoms with E-state index in [9.17, 15) is 29.5 Å². The second-order valence-electron chi connectivity index (χ2n) is 4.42. The minimum absolute atomic E-state index is 0.104. The normalized spacial score (nSPS) is 22.1. The summed E-state index contributed by atoms with van der Waals surface area (Å²) >= 11 is 0. The van der Waals surface area contributed by atoms with Gasteiger partial charge in [0.1, 0.15) is 11.5 Å². The fraction of sp³-hybridized carbons (Fsp3) is 0.364. The summed E-state index contributed by atoms with van der Waals surface area (Å²) in [5, 5.41) is 38.6. The number of benzene rings is 1. The molecule has 3 N–H and O–H groups in total. The Morgan fingerprint density at radius 3 is 2.35 bits per heavy atom. The standard InChI is InChI=1S/C11H11FN2O6/c12-6-2-8(14(19)20)7(1-5(6)11(17)18)13-3-9(15)10(16)4-13/h1-2,9-10,15-16H,3-4H2,(H,17,18). The minimum atomic E-state index is -1.56. The molecule has 1 aliphatic heterocycles. The van der Waals surface area contributed by atoms with Gasteiger partial charge >= 0.3 is 5.97 Å². The lowest BCUT2D eigenvalue weighted by Crippen LogP contribution is -2.23. The number of nitro benzene ring substituents is 1. The van der Waals surface area contributed by atoms with Crippen LogP contribution < -0.4 is 4.90 Å². The number of carboxylic acid groups (broad SMARTS) is 1. The Morgan fingerprint density at radius 2 is 1.90 bits per heavy atom. The summed E-state index contributed by atoms with van der Waals surface area (Å²) < 4.78 is 13.5. The highest BCUT2D eigenvalue weighted by Crippen LogP contribution is 2.33. The summed E-state index contributed by atoms with van der Waals surface area (Å²) in [5.74, 6) is -2.77. The first-order valence-electron chi connectivity index (χ1n) is 5.63. The van der Waals surface area contributed by atoms with Crippen molar-refractivity contribution < 1.29 is 29.4 Å². The summed E-state index contributed by atoms with van der Waals surface area (Å²) in [7, 11) is 0. The van der Waals surface area contributed by atoms with Crippen LogP contribution in [0, 0.1) is 15.9 Å². The number of hydrogen-bond acceptors (Lipinski definition) is 6. The molecule has 20 heavy (non-hydrogen) atoms. The molecule has 1 aromatic carbocycles. The van der Waals surface area contributed by atoms with Gasteiger partial charge in [-0.25, -0.2) is 9.18 Å². The van der Waals surface area contributed by atoms with E-state index in [-0.39, 0.29) is 18.8 Å². The number of rotatable bonds is 3. The highest BCUT2D eigenvalue weighted by Gasteiger charge is 2.34. The van der Waals surface area contributed by atoms with Gasteiger partial charge in [0.15, 0.2) is 0 Å². The molecule has 0 aliphatic carbocycles. The van der Waals surface area contributed by atoms with Crippen LogP contribution in [-0.4, -0.2) is 51.5 Å². The third kappa shape index (κ3) is 2.40. The SMILES string of the molecule is O=C(O)c1cc(N2CC(O)C(O)C2)c([N+](=O)[O-])cc1F. The molecular weight excluding hydrogens is 275 g/mol. The highest BCUT2D eigenvalue weighted by molar-refractivity contribution is 5.90. The maximum atomic E-state index is 13.5. The first kappa shape index (κ1) is 14.2. The van der Waals surface area contributed by atoms with Crippen LogP contribution in [0.25, 0.3) is 0 Å². The van der Waals surface area contributed by atoms with Gasteiger partial charge in [-0.1, -0.05) is 0 Å². The Bertz CT molecular complexity index is 568. The molecule has 0 radical (unpaired) electrons. The monoisotopic (exact) mass is 286 g/mol. The third-order valence-corrected chi connectivity index (χ3v) is 3.09. The Labute approximate surface area is 111 Å².